The number of esters is 1. The van der Waals surface area contributed by atoms with Crippen molar-refractivity contribution in [1.29, 1.82) is 0 Å². The maximum Gasteiger partial charge on any atom is 0.331 e. The zero-order valence-corrected chi connectivity index (χ0v) is 12.5. The van der Waals surface area contributed by atoms with Crippen LogP contribution in [0.4, 0.5) is 0 Å². The Hall–Kier alpha value is -1.40. The fraction of sp³-hybridized carbons (Fsp3) is 0.714. The van der Waals surface area contributed by atoms with E-state index in [0.29, 0.717) is 19.4 Å². The number of carbonyl (C=O) groups is 2. The Balaban J connectivity index is 4.19. The van der Waals surface area contributed by atoms with Gasteiger partial charge < -0.3 is 19.7 Å². The number of aliphatic hydroxyl groups is 1. The Labute approximate surface area is 119 Å². The number of hydrogen-bond acceptors (Lipinski definition) is 5. The third kappa shape index (κ3) is 9.52. The van der Waals surface area contributed by atoms with Gasteiger partial charge in [-0.2, -0.15) is 0 Å². The van der Waals surface area contributed by atoms with Crippen molar-refractivity contribution in [2.24, 2.45) is 0 Å². The van der Waals surface area contributed by atoms with Crippen LogP contribution < -0.4 is 0 Å². The summed E-state index contributed by atoms with van der Waals surface area (Å²) in [6.07, 6.45) is 2.60. The highest BCUT2D eigenvalue weighted by molar-refractivity contribution is 5.90. The van der Waals surface area contributed by atoms with Crippen molar-refractivity contribution in [3.63, 3.8) is 0 Å². The van der Waals surface area contributed by atoms with Crippen molar-refractivity contribution < 1.29 is 29.3 Å². The Bertz CT molecular complexity index is 357. The summed E-state index contributed by atoms with van der Waals surface area (Å²) in [6.45, 7) is 7.61. The number of carbonyl (C=O) groups excluding carboxylic acids is 1. The summed E-state index contributed by atoms with van der Waals surface area (Å²) >= 11 is 0. The zero-order valence-electron chi connectivity index (χ0n) is 12.5. The highest BCUT2D eigenvalue weighted by Crippen LogP contribution is 2.19. The van der Waals surface area contributed by atoms with Gasteiger partial charge in [-0.3, -0.25) is 0 Å². The maximum absolute atomic E-state index is 11.4. The smallest absolute Gasteiger partial charge is 0.331 e. The molecular weight excluding hydrogens is 264 g/mol. The van der Waals surface area contributed by atoms with E-state index >= 15 is 0 Å². The largest absolute Gasteiger partial charge is 0.478 e. The normalized spacial score (nSPS) is 12.7. The number of aliphatic hydroxyl groups excluding tert-OH is 1. The molecule has 0 aromatic carbocycles. The van der Waals surface area contributed by atoms with E-state index in [1.54, 1.807) is 13.8 Å². The van der Waals surface area contributed by atoms with Gasteiger partial charge in [-0.1, -0.05) is 0 Å². The van der Waals surface area contributed by atoms with Gasteiger partial charge >= 0.3 is 11.9 Å². The SMILES string of the molecule is CC(C)(CCO)OCCC(C)(C)OC(=O)/C=C\C(=O)O. The molecule has 0 aromatic heterocycles. The van der Waals surface area contributed by atoms with Gasteiger partial charge in [0.15, 0.2) is 0 Å². The van der Waals surface area contributed by atoms with Crippen molar-refractivity contribution in [3.05, 3.63) is 12.2 Å². The number of ether oxygens (including phenoxy) is 2. The van der Waals surface area contributed by atoms with Gasteiger partial charge in [-0.25, -0.2) is 9.59 Å². The van der Waals surface area contributed by atoms with Gasteiger partial charge in [0.05, 0.1) is 12.2 Å². The Morgan fingerprint density at radius 1 is 1.05 bits per heavy atom. The van der Waals surface area contributed by atoms with Crippen LogP contribution in [-0.4, -0.2) is 46.6 Å². The number of hydrogen-bond donors (Lipinski definition) is 2. The summed E-state index contributed by atoms with van der Waals surface area (Å²) in [5, 5.41) is 17.3. The minimum absolute atomic E-state index is 0.0470. The minimum Gasteiger partial charge on any atom is -0.478 e. The van der Waals surface area contributed by atoms with Gasteiger partial charge in [-0.15, -0.1) is 0 Å². The molecule has 0 rings (SSSR count). The first-order valence-electron chi connectivity index (χ1n) is 6.47. The van der Waals surface area contributed by atoms with Crippen LogP contribution in [0.5, 0.6) is 0 Å². The minimum atomic E-state index is -1.20. The van der Waals surface area contributed by atoms with Crippen molar-refractivity contribution in [2.45, 2.75) is 51.7 Å². The van der Waals surface area contributed by atoms with Crippen molar-refractivity contribution in [2.75, 3.05) is 13.2 Å². The summed E-state index contributed by atoms with van der Waals surface area (Å²) in [5.41, 5.74) is -1.19. The quantitative estimate of drug-likeness (QED) is 0.493. The first-order chi connectivity index (χ1) is 9.08. The molecular formula is C14H24O6. The summed E-state index contributed by atoms with van der Waals surface area (Å²) < 4.78 is 10.8. The third-order valence-electron chi connectivity index (χ3n) is 2.65. The van der Waals surface area contributed by atoms with Crippen LogP contribution in [0, 0.1) is 0 Å². The lowest BCUT2D eigenvalue weighted by Gasteiger charge is -2.28. The topological polar surface area (TPSA) is 93.1 Å². The van der Waals surface area contributed by atoms with Gasteiger partial charge in [-0.05, 0) is 34.1 Å². The first kappa shape index (κ1) is 18.6. The molecule has 116 valence electrons. The number of aliphatic carboxylic acids is 1. The molecule has 6 heteroatoms. The van der Waals surface area contributed by atoms with Crippen molar-refractivity contribution in [3.8, 4) is 0 Å². The predicted octanol–water partition coefficient (Wildman–Crippen LogP) is 1.52. The first-order valence-corrected chi connectivity index (χ1v) is 6.47. The van der Waals surface area contributed by atoms with Gasteiger partial charge in [0.25, 0.3) is 0 Å². The molecule has 0 spiro atoms. The molecule has 0 aliphatic rings. The van der Waals surface area contributed by atoms with Crippen LogP contribution in [0.1, 0.15) is 40.5 Å². The number of rotatable bonds is 9. The van der Waals surface area contributed by atoms with E-state index in [4.69, 9.17) is 19.7 Å². The second-order valence-corrected chi connectivity index (χ2v) is 5.68. The molecule has 0 unspecified atom stereocenters. The van der Waals surface area contributed by atoms with Crippen LogP contribution in [0.3, 0.4) is 0 Å². The lowest BCUT2D eigenvalue weighted by molar-refractivity contribution is -0.153. The lowest BCUT2D eigenvalue weighted by Crippen LogP contribution is -2.32. The molecule has 0 aliphatic heterocycles. The van der Waals surface area contributed by atoms with E-state index in [0.717, 1.165) is 12.2 Å². The summed E-state index contributed by atoms with van der Waals surface area (Å²) in [4.78, 5) is 21.7. The van der Waals surface area contributed by atoms with Crippen LogP contribution in [0.25, 0.3) is 0 Å². The second kappa shape index (κ2) is 8.01. The molecule has 0 aliphatic carbocycles. The van der Waals surface area contributed by atoms with Gasteiger partial charge in [0.1, 0.15) is 5.60 Å². The van der Waals surface area contributed by atoms with Crippen molar-refractivity contribution >= 4 is 11.9 Å². The summed E-state index contributed by atoms with van der Waals surface area (Å²) in [5.74, 6) is -1.90. The third-order valence-corrected chi connectivity index (χ3v) is 2.65. The van der Waals surface area contributed by atoms with E-state index in [1.165, 1.54) is 0 Å². The number of carboxylic acids is 1. The average Bonchev–Trinajstić information content (AvgIpc) is 2.24. The molecule has 0 aromatic rings. The molecule has 0 bridgehead atoms. The maximum atomic E-state index is 11.4. The molecule has 0 radical (unpaired) electrons. The Kier molecular flexibility index (Phi) is 7.45. The van der Waals surface area contributed by atoms with Gasteiger partial charge in [0, 0.05) is 25.2 Å². The van der Waals surface area contributed by atoms with Crippen LogP contribution >= 0.6 is 0 Å². The zero-order chi connectivity index (χ0) is 15.8. The van der Waals surface area contributed by atoms with E-state index in [-0.39, 0.29) is 6.61 Å². The van der Waals surface area contributed by atoms with Crippen LogP contribution in [0.2, 0.25) is 0 Å². The molecule has 0 atom stereocenters. The summed E-state index contributed by atoms with van der Waals surface area (Å²) in [7, 11) is 0. The molecule has 2 N–H and O–H groups in total. The standard InChI is InChI=1S/C14H24O6/c1-13(2,7-9-15)19-10-8-14(3,4)20-12(18)6-5-11(16)17/h5-6,15H,7-10H2,1-4H3,(H,16,17)/b6-5-. The van der Waals surface area contributed by atoms with E-state index < -0.39 is 23.1 Å². The monoisotopic (exact) mass is 288 g/mol. The van der Waals surface area contributed by atoms with Crippen LogP contribution in [-0.2, 0) is 19.1 Å². The lowest BCUT2D eigenvalue weighted by atomic mass is 10.0. The molecule has 0 saturated heterocycles. The molecule has 0 amide bonds. The molecule has 20 heavy (non-hydrogen) atoms. The molecule has 0 heterocycles. The Morgan fingerprint density at radius 3 is 2.15 bits per heavy atom. The molecule has 0 saturated carbocycles. The van der Waals surface area contributed by atoms with Crippen molar-refractivity contribution in [1.82, 2.24) is 0 Å². The van der Waals surface area contributed by atoms with Crippen LogP contribution in [0.15, 0.2) is 12.2 Å². The Morgan fingerprint density at radius 2 is 1.65 bits per heavy atom. The molecule has 0 fully saturated rings. The highest BCUT2D eigenvalue weighted by Gasteiger charge is 2.24. The average molecular weight is 288 g/mol. The fourth-order valence-electron chi connectivity index (χ4n) is 1.41. The second-order valence-electron chi connectivity index (χ2n) is 5.68. The predicted molar refractivity (Wildman–Crippen MR) is 73.3 cm³/mol. The van der Waals surface area contributed by atoms with E-state index in [2.05, 4.69) is 0 Å². The summed E-state index contributed by atoms with van der Waals surface area (Å²) in [6, 6.07) is 0. The number of carboxylic acid groups (broad SMARTS) is 1. The van der Waals surface area contributed by atoms with E-state index in [1.807, 2.05) is 13.8 Å². The molecule has 6 nitrogen and oxygen atoms in total. The highest BCUT2D eigenvalue weighted by atomic mass is 16.6. The fourth-order valence-corrected chi connectivity index (χ4v) is 1.41. The van der Waals surface area contributed by atoms with Gasteiger partial charge in [0.2, 0.25) is 0 Å². The van der Waals surface area contributed by atoms with E-state index in [9.17, 15) is 9.59 Å².